The first-order chi connectivity index (χ1) is 15.1. The van der Waals surface area contributed by atoms with Gasteiger partial charge in [0.2, 0.25) is 0 Å². The summed E-state index contributed by atoms with van der Waals surface area (Å²) in [5, 5.41) is 0. The maximum Gasteiger partial charge on any atom is 0.251 e. The lowest BCUT2D eigenvalue weighted by Crippen LogP contribution is -2.35. The molecule has 31 heavy (non-hydrogen) atoms. The summed E-state index contributed by atoms with van der Waals surface area (Å²) in [6, 6.07) is 11.3. The second kappa shape index (κ2) is 9.31. The van der Waals surface area contributed by atoms with Crippen LogP contribution < -0.4 is 15.0 Å². The second-order valence-corrected chi connectivity index (χ2v) is 7.94. The maximum absolute atomic E-state index is 12.3. The number of aromatic nitrogens is 3. The number of rotatable bonds is 6. The van der Waals surface area contributed by atoms with E-state index in [9.17, 15) is 4.79 Å². The lowest BCUT2D eigenvalue weighted by Gasteiger charge is -2.33. The van der Waals surface area contributed by atoms with Crippen molar-refractivity contribution in [2.24, 2.45) is 0 Å². The zero-order valence-electron chi connectivity index (χ0n) is 18.2. The first kappa shape index (κ1) is 21.1. The standard InChI is InChI=1S/C24H28N4O3/c1-16-11-21(30-2)22(31-3)12-18(16)15-28-10-6-7-17(14-28)20-13-23(29)27-24(26-20)19-8-4-5-9-25-19/h4-5,8-9,11-13,17H,6-7,10,14-15H2,1-3H3,(H,26,27,29). The number of aromatic amines is 1. The highest BCUT2D eigenvalue weighted by atomic mass is 16.5. The number of methoxy groups -OCH3 is 2. The molecule has 0 aliphatic carbocycles. The third-order valence-corrected chi connectivity index (χ3v) is 5.83. The zero-order valence-corrected chi connectivity index (χ0v) is 18.2. The van der Waals surface area contributed by atoms with Crippen molar-refractivity contribution < 1.29 is 9.47 Å². The van der Waals surface area contributed by atoms with Crippen LogP contribution in [0.5, 0.6) is 11.5 Å². The number of H-pyrrole nitrogens is 1. The van der Waals surface area contributed by atoms with Gasteiger partial charge >= 0.3 is 0 Å². The monoisotopic (exact) mass is 420 g/mol. The van der Waals surface area contributed by atoms with Crippen molar-refractivity contribution >= 4 is 0 Å². The summed E-state index contributed by atoms with van der Waals surface area (Å²) in [7, 11) is 3.31. The molecule has 3 aromatic rings. The number of piperidine rings is 1. The van der Waals surface area contributed by atoms with Gasteiger partial charge in [-0.05, 0) is 61.7 Å². The molecule has 1 unspecified atom stereocenters. The van der Waals surface area contributed by atoms with Crippen LogP contribution in [0.2, 0.25) is 0 Å². The second-order valence-electron chi connectivity index (χ2n) is 7.94. The van der Waals surface area contributed by atoms with Gasteiger partial charge in [-0.15, -0.1) is 0 Å². The largest absolute Gasteiger partial charge is 0.493 e. The Hall–Kier alpha value is -3.19. The topological polar surface area (TPSA) is 80.3 Å². The van der Waals surface area contributed by atoms with Crippen molar-refractivity contribution in [2.45, 2.75) is 32.2 Å². The minimum Gasteiger partial charge on any atom is -0.493 e. The van der Waals surface area contributed by atoms with Gasteiger partial charge in [-0.25, -0.2) is 4.98 Å². The van der Waals surface area contributed by atoms with Gasteiger partial charge in [-0.1, -0.05) is 6.07 Å². The van der Waals surface area contributed by atoms with Crippen molar-refractivity contribution in [3.8, 4) is 23.0 Å². The third kappa shape index (κ3) is 4.77. The zero-order chi connectivity index (χ0) is 21.8. The van der Waals surface area contributed by atoms with E-state index in [1.165, 1.54) is 11.1 Å². The van der Waals surface area contributed by atoms with E-state index in [-0.39, 0.29) is 11.5 Å². The SMILES string of the molecule is COc1cc(C)c(CN2CCCC(c3cc(=O)[nH]c(-c4ccccn4)n3)C2)cc1OC. The molecule has 162 valence electrons. The molecule has 1 fully saturated rings. The summed E-state index contributed by atoms with van der Waals surface area (Å²) >= 11 is 0. The lowest BCUT2D eigenvalue weighted by atomic mass is 9.93. The lowest BCUT2D eigenvalue weighted by molar-refractivity contribution is 0.198. The van der Waals surface area contributed by atoms with Gasteiger partial charge in [0, 0.05) is 31.3 Å². The van der Waals surface area contributed by atoms with Crippen LogP contribution in [0.15, 0.2) is 47.4 Å². The van der Waals surface area contributed by atoms with E-state index in [0.717, 1.165) is 49.7 Å². The first-order valence-corrected chi connectivity index (χ1v) is 10.5. The van der Waals surface area contributed by atoms with E-state index in [1.54, 1.807) is 26.5 Å². The summed E-state index contributed by atoms with van der Waals surface area (Å²) in [6.45, 7) is 4.78. The van der Waals surface area contributed by atoms with Gasteiger partial charge in [-0.3, -0.25) is 14.7 Å². The van der Waals surface area contributed by atoms with E-state index in [2.05, 4.69) is 27.9 Å². The molecule has 3 heterocycles. The molecule has 4 rings (SSSR count). The number of likely N-dealkylation sites (tertiary alicyclic amines) is 1. The van der Waals surface area contributed by atoms with Crippen molar-refractivity contribution in [2.75, 3.05) is 27.3 Å². The van der Waals surface area contributed by atoms with Gasteiger partial charge in [0.25, 0.3) is 5.56 Å². The summed E-state index contributed by atoms with van der Waals surface area (Å²) in [6.07, 6.45) is 3.78. The van der Waals surface area contributed by atoms with Crippen molar-refractivity contribution in [3.05, 3.63) is 69.8 Å². The smallest absolute Gasteiger partial charge is 0.251 e. The molecule has 1 aliphatic heterocycles. The summed E-state index contributed by atoms with van der Waals surface area (Å²) in [4.78, 5) is 26.6. The first-order valence-electron chi connectivity index (χ1n) is 10.5. The third-order valence-electron chi connectivity index (χ3n) is 5.83. The average Bonchev–Trinajstić information content (AvgIpc) is 2.80. The highest BCUT2D eigenvalue weighted by Crippen LogP contribution is 2.32. The Bertz CT molecular complexity index is 1100. The van der Waals surface area contributed by atoms with Gasteiger partial charge in [0.05, 0.1) is 19.9 Å². The number of hydrogen-bond donors (Lipinski definition) is 1. The fourth-order valence-electron chi connectivity index (χ4n) is 4.18. The summed E-state index contributed by atoms with van der Waals surface area (Å²) < 4.78 is 10.9. The average molecular weight is 421 g/mol. The molecule has 0 saturated carbocycles. The van der Waals surface area contributed by atoms with Gasteiger partial charge < -0.3 is 14.5 Å². The predicted molar refractivity (Wildman–Crippen MR) is 120 cm³/mol. The van der Waals surface area contributed by atoms with Crippen LogP contribution in [0.1, 0.15) is 35.6 Å². The number of pyridine rings is 1. The molecule has 0 amide bonds. The Balaban J connectivity index is 1.55. The van der Waals surface area contributed by atoms with Crippen molar-refractivity contribution in [3.63, 3.8) is 0 Å². The fourth-order valence-corrected chi connectivity index (χ4v) is 4.18. The molecule has 1 aliphatic rings. The van der Waals surface area contributed by atoms with Gasteiger partial charge in [0.1, 0.15) is 5.69 Å². The quantitative estimate of drug-likeness (QED) is 0.657. The Morgan fingerprint density at radius 2 is 1.97 bits per heavy atom. The number of nitrogens with zero attached hydrogens (tertiary/aromatic N) is 3. The molecule has 1 atom stereocenters. The van der Waals surface area contributed by atoms with Crippen LogP contribution >= 0.6 is 0 Å². The number of benzene rings is 1. The predicted octanol–water partition coefficient (Wildman–Crippen LogP) is 3.54. The Kier molecular flexibility index (Phi) is 6.32. The van der Waals surface area contributed by atoms with Crippen LogP contribution in [0, 0.1) is 6.92 Å². The summed E-state index contributed by atoms with van der Waals surface area (Å²) in [5.41, 5.74) is 3.75. The van der Waals surface area contributed by atoms with E-state index in [1.807, 2.05) is 24.3 Å². The van der Waals surface area contributed by atoms with Crippen molar-refractivity contribution in [1.82, 2.24) is 19.9 Å². The molecule has 7 heteroatoms. The summed E-state index contributed by atoms with van der Waals surface area (Å²) in [5.74, 6) is 2.22. The molecule has 1 aromatic carbocycles. The molecule has 7 nitrogen and oxygen atoms in total. The van der Waals surface area contributed by atoms with E-state index in [4.69, 9.17) is 14.5 Å². The Labute approximate surface area is 182 Å². The number of aryl methyl sites for hydroxylation is 1. The number of nitrogens with one attached hydrogen (secondary N) is 1. The minimum absolute atomic E-state index is 0.140. The molecular formula is C24H28N4O3. The fraction of sp³-hybridized carbons (Fsp3) is 0.375. The number of hydrogen-bond acceptors (Lipinski definition) is 6. The van der Waals surface area contributed by atoms with E-state index in [0.29, 0.717) is 11.5 Å². The number of ether oxygens (including phenoxy) is 2. The molecule has 1 N–H and O–H groups in total. The molecule has 0 bridgehead atoms. The van der Waals surface area contributed by atoms with Crippen LogP contribution in [0.25, 0.3) is 11.5 Å². The Morgan fingerprint density at radius 1 is 1.16 bits per heavy atom. The highest BCUT2D eigenvalue weighted by Gasteiger charge is 2.24. The van der Waals surface area contributed by atoms with Crippen LogP contribution in [0.3, 0.4) is 0 Å². The molecular weight excluding hydrogens is 392 g/mol. The van der Waals surface area contributed by atoms with Crippen LogP contribution in [-0.4, -0.2) is 47.2 Å². The van der Waals surface area contributed by atoms with Crippen LogP contribution in [0.4, 0.5) is 0 Å². The molecule has 0 spiro atoms. The molecule has 2 aromatic heterocycles. The molecule has 0 radical (unpaired) electrons. The highest BCUT2D eigenvalue weighted by molar-refractivity contribution is 5.48. The van der Waals surface area contributed by atoms with Gasteiger partial charge in [-0.2, -0.15) is 0 Å². The van der Waals surface area contributed by atoms with Gasteiger partial charge in [0.15, 0.2) is 17.3 Å². The van der Waals surface area contributed by atoms with Crippen LogP contribution in [-0.2, 0) is 6.54 Å². The Morgan fingerprint density at radius 3 is 2.71 bits per heavy atom. The van der Waals surface area contributed by atoms with E-state index >= 15 is 0 Å². The van der Waals surface area contributed by atoms with Crippen molar-refractivity contribution in [1.29, 1.82) is 0 Å². The normalized spacial score (nSPS) is 16.8. The minimum atomic E-state index is -0.140. The molecule has 1 saturated heterocycles. The maximum atomic E-state index is 12.3. The van der Waals surface area contributed by atoms with E-state index < -0.39 is 0 Å².